The first-order chi connectivity index (χ1) is 10.2. The standard InChI is InChI=1S/C13H17ClN2O4S2/c1-2-21(17,18)15-9-11-7-8-16(10-11)22(19,20)13-5-3-12(14)4-6-13/h2-6,11,15H,1,7-10H2. The first-order valence-corrected chi connectivity index (χ1v) is 9.99. The molecular formula is C13H17ClN2O4S2. The summed E-state index contributed by atoms with van der Waals surface area (Å²) in [7, 11) is -7.06. The number of nitrogens with one attached hydrogen (secondary N) is 1. The zero-order chi connectivity index (χ0) is 16.4. The van der Waals surface area contributed by atoms with Gasteiger partial charge in [-0.25, -0.2) is 21.6 Å². The van der Waals surface area contributed by atoms with Gasteiger partial charge in [0.2, 0.25) is 20.0 Å². The van der Waals surface area contributed by atoms with Crippen LogP contribution in [0, 0.1) is 5.92 Å². The van der Waals surface area contributed by atoms with Gasteiger partial charge in [-0.2, -0.15) is 4.31 Å². The minimum Gasteiger partial charge on any atom is -0.211 e. The van der Waals surface area contributed by atoms with E-state index in [1.165, 1.54) is 28.6 Å². The summed E-state index contributed by atoms with van der Waals surface area (Å²) >= 11 is 5.76. The Morgan fingerprint density at radius 2 is 1.91 bits per heavy atom. The van der Waals surface area contributed by atoms with Crippen LogP contribution >= 0.6 is 11.6 Å². The zero-order valence-corrected chi connectivity index (χ0v) is 14.2. The first-order valence-electron chi connectivity index (χ1n) is 6.62. The molecule has 0 spiro atoms. The molecule has 1 N–H and O–H groups in total. The van der Waals surface area contributed by atoms with E-state index in [1.807, 2.05) is 0 Å². The third-order valence-electron chi connectivity index (χ3n) is 3.49. The van der Waals surface area contributed by atoms with Crippen LogP contribution in [0.1, 0.15) is 6.42 Å². The smallest absolute Gasteiger partial charge is 0.211 e. The lowest BCUT2D eigenvalue weighted by atomic mass is 10.1. The second-order valence-corrected chi connectivity index (χ2v) is 9.12. The number of halogens is 1. The van der Waals surface area contributed by atoms with Gasteiger partial charge < -0.3 is 0 Å². The number of nitrogens with zero attached hydrogens (tertiary/aromatic N) is 1. The Balaban J connectivity index is 2.03. The fourth-order valence-electron chi connectivity index (χ4n) is 2.23. The molecule has 0 amide bonds. The average Bonchev–Trinajstić information content (AvgIpc) is 2.95. The van der Waals surface area contributed by atoms with E-state index in [-0.39, 0.29) is 23.9 Å². The predicted molar refractivity (Wildman–Crippen MR) is 85.4 cm³/mol. The normalized spacial score (nSPS) is 20.1. The molecule has 1 saturated heterocycles. The molecule has 1 unspecified atom stereocenters. The van der Waals surface area contributed by atoms with Gasteiger partial charge in [0.05, 0.1) is 4.90 Å². The first kappa shape index (κ1) is 17.4. The topological polar surface area (TPSA) is 83.6 Å². The van der Waals surface area contributed by atoms with Gasteiger partial charge in [0, 0.05) is 30.1 Å². The number of rotatable bonds is 6. The molecule has 0 aromatic heterocycles. The number of hydrogen-bond acceptors (Lipinski definition) is 4. The van der Waals surface area contributed by atoms with E-state index < -0.39 is 20.0 Å². The largest absolute Gasteiger partial charge is 0.243 e. The minimum atomic E-state index is -3.57. The van der Waals surface area contributed by atoms with E-state index in [1.54, 1.807) is 0 Å². The Labute approximate surface area is 135 Å². The maximum Gasteiger partial charge on any atom is 0.243 e. The van der Waals surface area contributed by atoms with Gasteiger partial charge >= 0.3 is 0 Å². The minimum absolute atomic E-state index is 0.0585. The lowest BCUT2D eigenvalue weighted by Crippen LogP contribution is -2.32. The van der Waals surface area contributed by atoms with Crippen LogP contribution in [-0.4, -0.2) is 40.8 Å². The number of sulfonamides is 2. The van der Waals surface area contributed by atoms with Gasteiger partial charge in [-0.1, -0.05) is 18.2 Å². The SMILES string of the molecule is C=CS(=O)(=O)NCC1CCN(S(=O)(=O)c2ccc(Cl)cc2)C1. The average molecular weight is 365 g/mol. The van der Waals surface area contributed by atoms with E-state index in [4.69, 9.17) is 11.6 Å². The molecular weight excluding hydrogens is 348 g/mol. The van der Waals surface area contributed by atoms with Gasteiger partial charge in [0.25, 0.3) is 0 Å². The molecule has 1 aliphatic rings. The van der Waals surface area contributed by atoms with Crippen molar-refractivity contribution >= 4 is 31.6 Å². The summed E-state index contributed by atoms with van der Waals surface area (Å²) in [5.74, 6) is -0.0585. The van der Waals surface area contributed by atoms with Crippen molar-refractivity contribution in [2.24, 2.45) is 5.92 Å². The molecule has 1 atom stereocenters. The molecule has 22 heavy (non-hydrogen) atoms. The van der Waals surface area contributed by atoms with E-state index in [0.29, 0.717) is 18.0 Å². The summed E-state index contributed by atoms with van der Waals surface area (Å²) in [6, 6.07) is 5.98. The van der Waals surface area contributed by atoms with Crippen LogP contribution in [0.15, 0.2) is 41.1 Å². The van der Waals surface area contributed by atoms with Gasteiger partial charge in [-0.15, -0.1) is 0 Å². The highest BCUT2D eigenvalue weighted by Crippen LogP contribution is 2.25. The zero-order valence-electron chi connectivity index (χ0n) is 11.8. The molecule has 1 fully saturated rings. The number of hydrogen-bond donors (Lipinski definition) is 1. The second kappa shape index (κ2) is 6.67. The van der Waals surface area contributed by atoms with Crippen molar-refractivity contribution in [1.29, 1.82) is 0 Å². The van der Waals surface area contributed by atoms with Crippen molar-refractivity contribution in [2.75, 3.05) is 19.6 Å². The fraction of sp³-hybridized carbons (Fsp3) is 0.385. The van der Waals surface area contributed by atoms with Crippen LogP contribution in [-0.2, 0) is 20.0 Å². The number of benzene rings is 1. The molecule has 122 valence electrons. The van der Waals surface area contributed by atoms with Gasteiger partial charge in [0.1, 0.15) is 0 Å². The van der Waals surface area contributed by atoms with E-state index in [2.05, 4.69) is 11.3 Å². The van der Waals surface area contributed by atoms with Crippen molar-refractivity contribution < 1.29 is 16.8 Å². The summed E-state index contributed by atoms with van der Waals surface area (Å²) in [4.78, 5) is 0.184. The molecule has 0 radical (unpaired) electrons. The maximum atomic E-state index is 12.5. The molecule has 1 aromatic rings. The Kier molecular flexibility index (Phi) is 5.29. The van der Waals surface area contributed by atoms with Gasteiger partial charge in [0.15, 0.2) is 0 Å². The third kappa shape index (κ3) is 4.08. The summed E-state index contributed by atoms with van der Waals surface area (Å²) in [6.45, 7) is 4.06. The quantitative estimate of drug-likeness (QED) is 0.827. The van der Waals surface area contributed by atoms with Crippen LogP contribution in [0.25, 0.3) is 0 Å². The lowest BCUT2D eigenvalue weighted by Gasteiger charge is -2.16. The highest BCUT2D eigenvalue weighted by Gasteiger charge is 2.32. The lowest BCUT2D eigenvalue weighted by molar-refractivity contribution is 0.455. The molecule has 9 heteroatoms. The Hall–Kier alpha value is -0.930. The van der Waals surface area contributed by atoms with E-state index in [9.17, 15) is 16.8 Å². The van der Waals surface area contributed by atoms with Crippen molar-refractivity contribution in [2.45, 2.75) is 11.3 Å². The Morgan fingerprint density at radius 1 is 1.27 bits per heavy atom. The monoisotopic (exact) mass is 364 g/mol. The van der Waals surface area contributed by atoms with Crippen molar-refractivity contribution in [3.63, 3.8) is 0 Å². The van der Waals surface area contributed by atoms with Crippen LogP contribution in [0.2, 0.25) is 5.02 Å². The van der Waals surface area contributed by atoms with Crippen molar-refractivity contribution in [3.8, 4) is 0 Å². The van der Waals surface area contributed by atoms with Crippen LogP contribution in [0.3, 0.4) is 0 Å². The second-order valence-electron chi connectivity index (χ2n) is 5.03. The molecule has 1 heterocycles. The van der Waals surface area contributed by atoms with Crippen molar-refractivity contribution in [1.82, 2.24) is 9.03 Å². The Bertz CT molecular complexity index is 745. The molecule has 0 bridgehead atoms. The van der Waals surface area contributed by atoms with Crippen LogP contribution in [0.5, 0.6) is 0 Å². The molecule has 6 nitrogen and oxygen atoms in total. The van der Waals surface area contributed by atoms with E-state index in [0.717, 1.165) is 5.41 Å². The molecule has 1 aromatic carbocycles. The maximum absolute atomic E-state index is 12.5. The van der Waals surface area contributed by atoms with Gasteiger partial charge in [-0.3, -0.25) is 0 Å². The third-order valence-corrected chi connectivity index (χ3v) is 6.63. The van der Waals surface area contributed by atoms with Gasteiger partial charge in [-0.05, 0) is 36.6 Å². The van der Waals surface area contributed by atoms with E-state index >= 15 is 0 Å². The highest BCUT2D eigenvalue weighted by molar-refractivity contribution is 7.92. The highest BCUT2D eigenvalue weighted by atomic mass is 35.5. The molecule has 2 rings (SSSR count). The summed E-state index contributed by atoms with van der Waals surface area (Å²) in [6.07, 6.45) is 0.604. The summed E-state index contributed by atoms with van der Waals surface area (Å²) in [5, 5.41) is 1.31. The molecule has 1 aliphatic heterocycles. The Morgan fingerprint density at radius 3 is 2.50 bits per heavy atom. The summed E-state index contributed by atoms with van der Waals surface area (Å²) < 4.78 is 51.3. The fourth-order valence-corrected chi connectivity index (χ4v) is 4.47. The predicted octanol–water partition coefficient (Wildman–Crippen LogP) is 1.41. The van der Waals surface area contributed by atoms with Crippen LogP contribution < -0.4 is 4.72 Å². The molecule has 0 aliphatic carbocycles. The molecule has 0 saturated carbocycles. The van der Waals surface area contributed by atoms with Crippen LogP contribution in [0.4, 0.5) is 0 Å². The van der Waals surface area contributed by atoms with Crippen molar-refractivity contribution in [3.05, 3.63) is 41.3 Å². The summed E-state index contributed by atoms with van der Waals surface area (Å²) in [5.41, 5.74) is 0.